The monoisotopic (exact) mass is 403 g/mol. The number of carbonyl (C=O) groups is 2. The molecule has 30 heavy (non-hydrogen) atoms. The molecule has 0 bridgehead atoms. The molecule has 0 spiro atoms. The Labute approximate surface area is 176 Å². The van der Waals surface area contributed by atoms with Gasteiger partial charge < -0.3 is 14.8 Å². The van der Waals surface area contributed by atoms with E-state index in [1.807, 2.05) is 78.9 Å². The molecule has 1 unspecified atom stereocenters. The number of benzene rings is 3. The van der Waals surface area contributed by atoms with Gasteiger partial charge in [-0.3, -0.25) is 4.79 Å². The van der Waals surface area contributed by atoms with E-state index in [2.05, 4.69) is 5.32 Å². The van der Waals surface area contributed by atoms with Gasteiger partial charge in [0, 0.05) is 12.1 Å². The molecular weight excluding hydrogens is 378 g/mol. The van der Waals surface area contributed by atoms with Crippen LogP contribution in [0.5, 0.6) is 5.75 Å². The highest BCUT2D eigenvalue weighted by atomic mass is 16.6. The van der Waals surface area contributed by atoms with Crippen molar-refractivity contribution in [2.75, 3.05) is 6.61 Å². The zero-order valence-corrected chi connectivity index (χ0v) is 16.9. The molecule has 0 heterocycles. The van der Waals surface area contributed by atoms with Crippen molar-refractivity contribution in [3.05, 3.63) is 90.5 Å². The fourth-order valence-electron chi connectivity index (χ4n) is 3.00. The second-order valence-electron chi connectivity index (χ2n) is 6.74. The smallest absolute Gasteiger partial charge is 0.344 e. The number of ether oxygens (including phenoxy) is 2. The largest absolute Gasteiger partial charge is 0.481 e. The highest BCUT2D eigenvalue weighted by molar-refractivity contribution is 5.84. The molecule has 154 valence electrons. The van der Waals surface area contributed by atoms with Crippen molar-refractivity contribution in [1.82, 2.24) is 5.32 Å². The van der Waals surface area contributed by atoms with E-state index in [9.17, 15) is 9.59 Å². The molecule has 1 N–H and O–H groups in total. The summed E-state index contributed by atoms with van der Waals surface area (Å²) in [6.45, 7) is 1.91. The molecule has 0 saturated carbocycles. The molecule has 1 atom stereocenters. The standard InChI is InChI=1S/C25H25NO4/c1-2-22(25(28)26-17-19-11-5-3-6-12-19)30-24(27)18-29-23-16-10-9-15-21(23)20-13-7-4-8-14-20/h3-16,22H,2,17-18H2,1H3,(H,26,28). The lowest BCUT2D eigenvalue weighted by Gasteiger charge is -2.17. The highest BCUT2D eigenvalue weighted by Gasteiger charge is 2.21. The van der Waals surface area contributed by atoms with E-state index in [0.717, 1.165) is 16.7 Å². The van der Waals surface area contributed by atoms with Gasteiger partial charge >= 0.3 is 5.97 Å². The summed E-state index contributed by atoms with van der Waals surface area (Å²) in [7, 11) is 0. The SMILES string of the molecule is CCC(OC(=O)COc1ccccc1-c1ccccc1)C(=O)NCc1ccccc1. The summed E-state index contributed by atoms with van der Waals surface area (Å²) in [6.07, 6.45) is -0.471. The number of para-hydroxylation sites is 1. The average molecular weight is 403 g/mol. The molecule has 0 aliphatic carbocycles. The van der Waals surface area contributed by atoms with Gasteiger partial charge in [0.1, 0.15) is 5.75 Å². The molecule has 3 aromatic rings. The number of rotatable bonds is 9. The van der Waals surface area contributed by atoms with Crippen molar-refractivity contribution in [1.29, 1.82) is 0 Å². The topological polar surface area (TPSA) is 64.6 Å². The van der Waals surface area contributed by atoms with Crippen LogP contribution in [0.15, 0.2) is 84.9 Å². The predicted molar refractivity (Wildman–Crippen MR) is 116 cm³/mol. The maximum absolute atomic E-state index is 12.4. The quantitative estimate of drug-likeness (QED) is 0.539. The van der Waals surface area contributed by atoms with Gasteiger partial charge in [0.15, 0.2) is 12.7 Å². The Morgan fingerprint density at radius 3 is 2.20 bits per heavy atom. The van der Waals surface area contributed by atoms with Crippen molar-refractivity contribution in [2.24, 2.45) is 0 Å². The van der Waals surface area contributed by atoms with E-state index in [-0.39, 0.29) is 12.5 Å². The Morgan fingerprint density at radius 2 is 1.50 bits per heavy atom. The van der Waals surface area contributed by atoms with E-state index in [1.165, 1.54) is 0 Å². The zero-order valence-electron chi connectivity index (χ0n) is 16.9. The molecular formula is C25H25NO4. The molecule has 0 radical (unpaired) electrons. The van der Waals surface area contributed by atoms with Crippen molar-refractivity contribution < 1.29 is 19.1 Å². The second-order valence-corrected chi connectivity index (χ2v) is 6.74. The van der Waals surface area contributed by atoms with Crippen LogP contribution in [0.1, 0.15) is 18.9 Å². The number of esters is 1. The summed E-state index contributed by atoms with van der Waals surface area (Å²) in [4.78, 5) is 24.7. The fourth-order valence-corrected chi connectivity index (χ4v) is 3.00. The highest BCUT2D eigenvalue weighted by Crippen LogP contribution is 2.29. The van der Waals surface area contributed by atoms with E-state index < -0.39 is 12.1 Å². The fraction of sp³-hybridized carbons (Fsp3) is 0.200. The second kappa shape index (κ2) is 10.8. The third-order valence-corrected chi connectivity index (χ3v) is 4.56. The third kappa shape index (κ3) is 5.95. The van der Waals surface area contributed by atoms with Gasteiger partial charge in [-0.1, -0.05) is 85.8 Å². The van der Waals surface area contributed by atoms with Crippen molar-refractivity contribution in [3.8, 4) is 16.9 Å². The number of nitrogens with one attached hydrogen (secondary N) is 1. The minimum atomic E-state index is -0.853. The van der Waals surface area contributed by atoms with E-state index in [0.29, 0.717) is 18.7 Å². The number of carbonyl (C=O) groups excluding carboxylic acids is 2. The van der Waals surface area contributed by atoms with Crippen molar-refractivity contribution >= 4 is 11.9 Å². The molecule has 0 aliphatic heterocycles. The first kappa shape index (κ1) is 21.1. The van der Waals surface area contributed by atoms with Gasteiger partial charge in [-0.15, -0.1) is 0 Å². The molecule has 5 heteroatoms. The van der Waals surface area contributed by atoms with Gasteiger partial charge in [0.25, 0.3) is 5.91 Å². The molecule has 1 amide bonds. The van der Waals surface area contributed by atoms with Crippen LogP contribution in [-0.4, -0.2) is 24.6 Å². The van der Waals surface area contributed by atoms with Crippen molar-refractivity contribution in [3.63, 3.8) is 0 Å². The first-order valence-electron chi connectivity index (χ1n) is 9.95. The predicted octanol–water partition coefficient (Wildman–Crippen LogP) is 4.37. The third-order valence-electron chi connectivity index (χ3n) is 4.56. The number of hydrogen-bond acceptors (Lipinski definition) is 4. The van der Waals surface area contributed by atoms with E-state index in [4.69, 9.17) is 9.47 Å². The van der Waals surface area contributed by atoms with Gasteiger partial charge in [-0.05, 0) is 23.6 Å². The van der Waals surface area contributed by atoms with Crippen LogP contribution >= 0.6 is 0 Å². The van der Waals surface area contributed by atoms with Crippen LogP contribution in [0.3, 0.4) is 0 Å². The minimum Gasteiger partial charge on any atom is -0.481 e. The summed E-state index contributed by atoms with van der Waals surface area (Å²) in [5, 5.41) is 2.80. The first-order chi connectivity index (χ1) is 14.7. The van der Waals surface area contributed by atoms with Crippen LogP contribution < -0.4 is 10.1 Å². The molecule has 3 aromatic carbocycles. The van der Waals surface area contributed by atoms with Crippen LogP contribution in [0, 0.1) is 0 Å². The Morgan fingerprint density at radius 1 is 0.867 bits per heavy atom. The van der Waals surface area contributed by atoms with E-state index >= 15 is 0 Å². The molecule has 0 aromatic heterocycles. The molecule has 5 nitrogen and oxygen atoms in total. The summed E-state index contributed by atoms with van der Waals surface area (Å²) in [5.74, 6) is -0.318. The summed E-state index contributed by atoms with van der Waals surface area (Å²) in [6, 6.07) is 26.9. The molecule has 0 aliphatic rings. The molecule has 0 fully saturated rings. The van der Waals surface area contributed by atoms with Gasteiger partial charge in [-0.2, -0.15) is 0 Å². The lowest BCUT2D eigenvalue weighted by Crippen LogP contribution is -2.38. The van der Waals surface area contributed by atoms with Gasteiger partial charge in [0.05, 0.1) is 0 Å². The van der Waals surface area contributed by atoms with Crippen LogP contribution in [0.4, 0.5) is 0 Å². The average Bonchev–Trinajstić information content (AvgIpc) is 2.81. The van der Waals surface area contributed by atoms with Crippen LogP contribution in [0.25, 0.3) is 11.1 Å². The Balaban J connectivity index is 1.54. The summed E-state index contributed by atoms with van der Waals surface area (Å²) < 4.78 is 11.0. The lowest BCUT2D eigenvalue weighted by atomic mass is 10.1. The zero-order chi connectivity index (χ0) is 21.2. The normalized spacial score (nSPS) is 11.4. The maximum Gasteiger partial charge on any atom is 0.344 e. The molecule has 3 rings (SSSR count). The van der Waals surface area contributed by atoms with Gasteiger partial charge in [0.2, 0.25) is 0 Å². The summed E-state index contributed by atoms with van der Waals surface area (Å²) >= 11 is 0. The summed E-state index contributed by atoms with van der Waals surface area (Å²) in [5.41, 5.74) is 2.86. The van der Waals surface area contributed by atoms with Crippen LogP contribution in [0.2, 0.25) is 0 Å². The van der Waals surface area contributed by atoms with Crippen molar-refractivity contribution in [2.45, 2.75) is 26.0 Å². The number of hydrogen-bond donors (Lipinski definition) is 1. The first-order valence-corrected chi connectivity index (χ1v) is 9.95. The van der Waals surface area contributed by atoms with Gasteiger partial charge in [-0.25, -0.2) is 4.79 Å². The maximum atomic E-state index is 12.4. The Bertz CT molecular complexity index is 957. The molecule has 0 saturated heterocycles. The Hall–Kier alpha value is -3.60. The Kier molecular flexibility index (Phi) is 7.61. The number of amides is 1. The minimum absolute atomic E-state index is 0.272. The van der Waals surface area contributed by atoms with Crippen LogP contribution in [-0.2, 0) is 20.9 Å². The van der Waals surface area contributed by atoms with E-state index in [1.54, 1.807) is 13.0 Å². The lowest BCUT2D eigenvalue weighted by molar-refractivity contribution is -0.158.